The Labute approximate surface area is 104 Å². The molecule has 0 radical (unpaired) electrons. The summed E-state index contributed by atoms with van der Waals surface area (Å²) in [5.74, 6) is -0.514. The number of nitrogens with one attached hydrogen (secondary N) is 1. The number of nitrogens with zero attached hydrogens (tertiary/aromatic N) is 3. The van der Waals surface area contributed by atoms with Gasteiger partial charge in [0.15, 0.2) is 5.69 Å². The number of aromatic nitrogens is 3. The zero-order valence-corrected chi connectivity index (χ0v) is 9.58. The first-order valence-corrected chi connectivity index (χ1v) is 5.44. The van der Waals surface area contributed by atoms with Crippen LogP contribution in [0.2, 0.25) is 0 Å². The van der Waals surface area contributed by atoms with Crippen molar-refractivity contribution < 1.29 is 9.90 Å². The average Bonchev–Trinajstić information content (AvgIpc) is 2.40. The maximum Gasteiger partial charge on any atom is 0.356 e. The van der Waals surface area contributed by atoms with Crippen LogP contribution in [0, 0.1) is 0 Å². The summed E-state index contributed by atoms with van der Waals surface area (Å²) >= 11 is 0. The fraction of sp³-hybridized carbons (Fsp3) is 0.167. The first-order valence-electron chi connectivity index (χ1n) is 5.44. The Hall–Kier alpha value is -2.50. The monoisotopic (exact) mass is 244 g/mol. The lowest BCUT2D eigenvalue weighted by Crippen LogP contribution is -2.08. The van der Waals surface area contributed by atoms with Crippen LogP contribution >= 0.6 is 0 Å². The van der Waals surface area contributed by atoms with Gasteiger partial charge in [-0.3, -0.25) is 4.98 Å². The van der Waals surface area contributed by atoms with Crippen molar-refractivity contribution in [3.63, 3.8) is 0 Å². The van der Waals surface area contributed by atoms with Crippen molar-refractivity contribution >= 4 is 11.8 Å². The van der Waals surface area contributed by atoms with Crippen LogP contribution in [-0.2, 0) is 6.42 Å². The van der Waals surface area contributed by atoms with Gasteiger partial charge in [-0.2, -0.15) is 0 Å². The summed E-state index contributed by atoms with van der Waals surface area (Å²) in [6.45, 7) is 0.700. The molecule has 2 aromatic heterocycles. The van der Waals surface area contributed by atoms with E-state index in [1.807, 2.05) is 12.1 Å². The van der Waals surface area contributed by atoms with Crippen molar-refractivity contribution in [2.75, 3.05) is 11.9 Å². The van der Waals surface area contributed by atoms with Gasteiger partial charge < -0.3 is 10.4 Å². The Morgan fingerprint density at radius 1 is 1.22 bits per heavy atom. The summed E-state index contributed by atoms with van der Waals surface area (Å²) in [6, 6.07) is 3.89. The molecule has 0 aliphatic rings. The molecular weight excluding hydrogens is 232 g/mol. The number of anilines is 1. The standard InChI is InChI=1S/C12H12N4O2/c17-12(18)10-7-16-11(8-15-10)14-6-3-9-1-4-13-5-2-9/h1-2,4-5,7-8H,3,6H2,(H,14,16)(H,17,18). The van der Waals surface area contributed by atoms with Crippen LogP contribution in [0.15, 0.2) is 36.9 Å². The van der Waals surface area contributed by atoms with Crippen LogP contribution in [0.5, 0.6) is 0 Å². The largest absolute Gasteiger partial charge is 0.476 e. The normalized spacial score (nSPS) is 10.0. The van der Waals surface area contributed by atoms with E-state index < -0.39 is 5.97 Å². The minimum absolute atomic E-state index is 0.0605. The summed E-state index contributed by atoms with van der Waals surface area (Å²) < 4.78 is 0. The fourth-order valence-corrected chi connectivity index (χ4v) is 1.41. The maximum atomic E-state index is 10.6. The number of pyridine rings is 1. The average molecular weight is 244 g/mol. The molecule has 0 aliphatic heterocycles. The molecule has 92 valence electrons. The van der Waals surface area contributed by atoms with Gasteiger partial charge in [0.25, 0.3) is 0 Å². The zero-order valence-electron chi connectivity index (χ0n) is 9.58. The Balaban J connectivity index is 1.85. The van der Waals surface area contributed by atoms with Crippen LogP contribution in [0.1, 0.15) is 16.1 Å². The van der Waals surface area contributed by atoms with Crippen molar-refractivity contribution in [3.8, 4) is 0 Å². The Morgan fingerprint density at radius 3 is 2.61 bits per heavy atom. The second-order valence-electron chi connectivity index (χ2n) is 3.62. The van der Waals surface area contributed by atoms with Gasteiger partial charge in [-0.15, -0.1) is 0 Å². The van der Waals surface area contributed by atoms with E-state index in [2.05, 4.69) is 20.3 Å². The highest BCUT2D eigenvalue weighted by atomic mass is 16.4. The Morgan fingerprint density at radius 2 is 2.00 bits per heavy atom. The molecule has 18 heavy (non-hydrogen) atoms. The van der Waals surface area contributed by atoms with Crippen molar-refractivity contribution in [2.45, 2.75) is 6.42 Å². The number of aromatic carboxylic acids is 1. The molecule has 6 nitrogen and oxygen atoms in total. The van der Waals surface area contributed by atoms with Crippen LogP contribution < -0.4 is 5.32 Å². The fourth-order valence-electron chi connectivity index (χ4n) is 1.41. The number of carboxylic acid groups (broad SMARTS) is 1. The van der Waals surface area contributed by atoms with Gasteiger partial charge in [-0.1, -0.05) is 0 Å². The highest BCUT2D eigenvalue weighted by molar-refractivity contribution is 5.84. The molecule has 0 spiro atoms. The molecule has 0 saturated carbocycles. The highest BCUT2D eigenvalue weighted by Crippen LogP contribution is 2.02. The van der Waals surface area contributed by atoms with Crippen molar-refractivity contribution in [3.05, 3.63) is 48.2 Å². The Kier molecular flexibility index (Phi) is 3.80. The van der Waals surface area contributed by atoms with Gasteiger partial charge in [-0.25, -0.2) is 14.8 Å². The number of carbonyl (C=O) groups is 1. The third kappa shape index (κ3) is 3.24. The van der Waals surface area contributed by atoms with E-state index >= 15 is 0 Å². The van der Waals surface area contributed by atoms with E-state index in [0.29, 0.717) is 12.4 Å². The number of hydrogen-bond donors (Lipinski definition) is 2. The first-order chi connectivity index (χ1) is 8.75. The van der Waals surface area contributed by atoms with Gasteiger partial charge >= 0.3 is 5.97 Å². The molecule has 2 aromatic rings. The molecule has 2 rings (SSSR count). The van der Waals surface area contributed by atoms with Gasteiger partial charge in [0, 0.05) is 18.9 Å². The maximum absolute atomic E-state index is 10.6. The molecule has 6 heteroatoms. The van der Waals surface area contributed by atoms with E-state index in [0.717, 1.165) is 6.42 Å². The van der Waals surface area contributed by atoms with Gasteiger partial charge in [0.1, 0.15) is 5.82 Å². The number of rotatable bonds is 5. The molecule has 0 aliphatic carbocycles. The molecule has 0 bridgehead atoms. The lowest BCUT2D eigenvalue weighted by atomic mass is 10.2. The molecule has 0 unspecified atom stereocenters. The molecular formula is C12H12N4O2. The van der Waals surface area contributed by atoms with E-state index in [4.69, 9.17) is 5.11 Å². The molecule has 0 atom stereocenters. The van der Waals surface area contributed by atoms with Gasteiger partial charge in [0.05, 0.1) is 12.4 Å². The zero-order chi connectivity index (χ0) is 12.8. The summed E-state index contributed by atoms with van der Waals surface area (Å²) in [4.78, 5) is 22.3. The smallest absolute Gasteiger partial charge is 0.356 e. The summed E-state index contributed by atoms with van der Waals surface area (Å²) in [5.41, 5.74) is 1.11. The molecule has 0 aromatic carbocycles. The van der Waals surface area contributed by atoms with E-state index in [1.165, 1.54) is 18.0 Å². The minimum atomic E-state index is -1.08. The highest BCUT2D eigenvalue weighted by Gasteiger charge is 2.04. The quantitative estimate of drug-likeness (QED) is 0.822. The molecule has 0 amide bonds. The van der Waals surface area contributed by atoms with Crippen LogP contribution in [0.25, 0.3) is 0 Å². The van der Waals surface area contributed by atoms with Gasteiger partial charge in [0.2, 0.25) is 0 Å². The Bertz CT molecular complexity index is 513. The summed E-state index contributed by atoms with van der Waals surface area (Å²) in [5, 5.41) is 11.7. The number of carboxylic acids is 1. The summed E-state index contributed by atoms with van der Waals surface area (Å²) in [6.07, 6.45) is 6.98. The topological polar surface area (TPSA) is 88.0 Å². The van der Waals surface area contributed by atoms with Crippen LogP contribution in [-0.4, -0.2) is 32.6 Å². The second kappa shape index (κ2) is 5.72. The van der Waals surface area contributed by atoms with Crippen molar-refractivity contribution in [1.29, 1.82) is 0 Å². The molecule has 0 fully saturated rings. The third-order valence-electron chi connectivity index (χ3n) is 2.34. The van der Waals surface area contributed by atoms with Crippen molar-refractivity contribution in [2.24, 2.45) is 0 Å². The number of hydrogen-bond acceptors (Lipinski definition) is 5. The molecule has 2 heterocycles. The van der Waals surface area contributed by atoms with E-state index in [1.54, 1.807) is 12.4 Å². The van der Waals surface area contributed by atoms with Gasteiger partial charge in [-0.05, 0) is 24.1 Å². The lowest BCUT2D eigenvalue weighted by Gasteiger charge is -2.05. The van der Waals surface area contributed by atoms with Crippen LogP contribution in [0.3, 0.4) is 0 Å². The minimum Gasteiger partial charge on any atom is -0.476 e. The lowest BCUT2D eigenvalue weighted by molar-refractivity contribution is 0.0690. The van der Waals surface area contributed by atoms with E-state index in [-0.39, 0.29) is 5.69 Å². The van der Waals surface area contributed by atoms with Crippen LogP contribution in [0.4, 0.5) is 5.82 Å². The SMILES string of the molecule is O=C(O)c1cnc(NCCc2ccncc2)cn1. The summed E-state index contributed by atoms with van der Waals surface area (Å²) in [7, 11) is 0. The third-order valence-corrected chi connectivity index (χ3v) is 2.34. The molecule has 2 N–H and O–H groups in total. The van der Waals surface area contributed by atoms with E-state index in [9.17, 15) is 4.79 Å². The second-order valence-corrected chi connectivity index (χ2v) is 3.62. The first kappa shape index (κ1) is 12.0. The predicted octanol–water partition coefficient (Wildman–Crippen LogP) is 1.22. The predicted molar refractivity (Wildman–Crippen MR) is 65.4 cm³/mol. The van der Waals surface area contributed by atoms with Crippen molar-refractivity contribution in [1.82, 2.24) is 15.0 Å². The molecule has 0 saturated heterocycles.